The summed E-state index contributed by atoms with van der Waals surface area (Å²) >= 11 is 0. The van der Waals surface area contributed by atoms with Crippen molar-refractivity contribution in [1.29, 1.82) is 0 Å². The SMILES string of the molecule is Cc1c(-c2cccc(-c3ccc(N(c4ccc(-c5ccccc5)cc4)c4ccc(-c5ccccc5)cc4)cc3)c2O)ccc2c1-c1ccccc1C21c2ccccc2-c2ccc(-c3cccc4c3oc3ccccc34)cc21. The lowest BCUT2D eigenvalue weighted by atomic mass is 9.70. The lowest BCUT2D eigenvalue weighted by molar-refractivity contribution is 0.479. The summed E-state index contributed by atoms with van der Waals surface area (Å²) < 4.78 is 6.62. The summed E-state index contributed by atoms with van der Waals surface area (Å²) in [5.41, 5.74) is 25.9. The molecule has 0 saturated heterocycles. The highest BCUT2D eigenvalue weighted by molar-refractivity contribution is 6.10. The fraction of sp³-hybridized carbons (Fsp3) is 0.0270. The number of hydrogen-bond donors (Lipinski definition) is 1. The summed E-state index contributed by atoms with van der Waals surface area (Å²) in [6.45, 7) is 2.23. The molecule has 1 spiro atoms. The number of nitrogens with zero attached hydrogens (tertiary/aromatic N) is 1. The number of para-hydroxylation sites is 3. The van der Waals surface area contributed by atoms with Gasteiger partial charge in [0.15, 0.2) is 0 Å². The maximum absolute atomic E-state index is 12.5. The van der Waals surface area contributed by atoms with Gasteiger partial charge in [-0.1, -0.05) is 224 Å². The number of aromatic hydroxyl groups is 1. The minimum atomic E-state index is -0.563. The van der Waals surface area contributed by atoms with E-state index in [2.05, 4.69) is 273 Å². The molecule has 13 aromatic rings. The second-order valence-electron chi connectivity index (χ2n) is 20.5. The number of hydrogen-bond acceptors (Lipinski definition) is 3. The topological polar surface area (TPSA) is 36.6 Å². The predicted molar refractivity (Wildman–Crippen MR) is 318 cm³/mol. The van der Waals surface area contributed by atoms with Crippen molar-refractivity contribution < 1.29 is 9.52 Å². The number of furan rings is 1. The number of phenols is 1. The van der Waals surface area contributed by atoms with Crippen LogP contribution in [0.4, 0.5) is 17.1 Å². The van der Waals surface area contributed by atoms with Gasteiger partial charge in [0, 0.05) is 44.5 Å². The van der Waals surface area contributed by atoms with E-state index < -0.39 is 5.41 Å². The van der Waals surface area contributed by atoms with E-state index in [4.69, 9.17) is 4.42 Å². The van der Waals surface area contributed by atoms with Crippen molar-refractivity contribution >= 4 is 39.0 Å². The van der Waals surface area contributed by atoms with Crippen molar-refractivity contribution in [1.82, 2.24) is 0 Å². The standard InChI is InChI=1S/C74H49NO2/c1-47-57(63-25-14-23-58(72(63)76)52-34-41-56(42-35-52)75(54-37-30-50(31-38-54)48-16-4-2-5-17-48)55-39-32-51(33-40-55)49-18-6-3-7-19-49)44-45-68-71(47)65-22-9-12-28-67(65)74(68)66-27-11-8-20-60(66)61-43-36-53(46-69(61)74)59-24-15-26-64-62-21-10-13-29-70(62)77-73(59)64/h2-46,76H,1H3. The zero-order valence-corrected chi connectivity index (χ0v) is 42.3. The molecule has 1 unspecified atom stereocenters. The minimum absolute atomic E-state index is 0.259. The van der Waals surface area contributed by atoms with E-state index in [-0.39, 0.29) is 5.75 Å². The summed E-state index contributed by atoms with van der Waals surface area (Å²) in [6, 6.07) is 97.6. The van der Waals surface area contributed by atoms with Crippen LogP contribution in [0.5, 0.6) is 5.75 Å². The predicted octanol–water partition coefficient (Wildman–Crippen LogP) is 19.7. The Bertz CT molecular complexity index is 4360. The van der Waals surface area contributed by atoms with Crippen LogP contribution in [-0.2, 0) is 5.41 Å². The number of anilines is 3. The van der Waals surface area contributed by atoms with Gasteiger partial charge in [-0.05, 0) is 144 Å². The molecule has 362 valence electrons. The van der Waals surface area contributed by atoms with E-state index in [1.807, 2.05) is 12.1 Å². The number of benzene rings is 12. The molecule has 2 aliphatic rings. The molecular weight excluding hydrogens is 935 g/mol. The Morgan fingerprint density at radius 1 is 0.325 bits per heavy atom. The van der Waals surface area contributed by atoms with Gasteiger partial charge in [0.2, 0.25) is 0 Å². The first kappa shape index (κ1) is 44.5. The van der Waals surface area contributed by atoms with E-state index >= 15 is 0 Å². The maximum atomic E-state index is 12.5. The molecule has 1 heterocycles. The van der Waals surface area contributed by atoms with Gasteiger partial charge in [-0.3, -0.25) is 0 Å². The van der Waals surface area contributed by atoms with Crippen LogP contribution < -0.4 is 4.90 Å². The summed E-state index contributed by atoms with van der Waals surface area (Å²) in [5, 5.41) is 14.8. The fourth-order valence-electron chi connectivity index (χ4n) is 12.9. The molecule has 15 rings (SSSR count). The molecule has 1 aromatic heterocycles. The molecule has 0 saturated carbocycles. The molecule has 0 amide bonds. The van der Waals surface area contributed by atoms with Gasteiger partial charge in [-0.25, -0.2) is 0 Å². The molecule has 0 aliphatic heterocycles. The first-order chi connectivity index (χ1) is 38.0. The Labute approximate surface area is 447 Å². The van der Waals surface area contributed by atoms with E-state index in [1.54, 1.807) is 0 Å². The van der Waals surface area contributed by atoms with E-state index in [0.29, 0.717) is 0 Å². The van der Waals surface area contributed by atoms with Gasteiger partial charge in [0.05, 0.1) is 5.41 Å². The van der Waals surface area contributed by atoms with Crippen molar-refractivity contribution in [3.05, 3.63) is 301 Å². The molecule has 3 heteroatoms. The molecule has 0 fully saturated rings. The molecule has 0 radical (unpaired) electrons. The molecule has 77 heavy (non-hydrogen) atoms. The lowest BCUT2D eigenvalue weighted by Crippen LogP contribution is -2.26. The van der Waals surface area contributed by atoms with Crippen LogP contribution in [-0.4, -0.2) is 5.11 Å². The molecule has 1 atom stereocenters. The van der Waals surface area contributed by atoms with Gasteiger partial charge in [-0.15, -0.1) is 0 Å². The molecule has 0 bridgehead atoms. The normalized spacial score (nSPS) is 13.9. The van der Waals surface area contributed by atoms with E-state index in [1.165, 1.54) is 66.8 Å². The summed E-state index contributed by atoms with van der Waals surface area (Å²) in [6.07, 6.45) is 0. The lowest BCUT2D eigenvalue weighted by Gasteiger charge is -2.31. The van der Waals surface area contributed by atoms with Crippen molar-refractivity contribution in [2.24, 2.45) is 0 Å². The minimum Gasteiger partial charge on any atom is -0.507 e. The van der Waals surface area contributed by atoms with Gasteiger partial charge >= 0.3 is 0 Å². The average Bonchev–Trinajstić information content (AvgIpc) is 4.14. The zero-order valence-electron chi connectivity index (χ0n) is 42.3. The van der Waals surface area contributed by atoms with Crippen LogP contribution in [0.2, 0.25) is 0 Å². The monoisotopic (exact) mass is 983 g/mol. The van der Waals surface area contributed by atoms with Gasteiger partial charge in [0.25, 0.3) is 0 Å². The van der Waals surface area contributed by atoms with Gasteiger partial charge in [-0.2, -0.15) is 0 Å². The van der Waals surface area contributed by atoms with Crippen LogP contribution >= 0.6 is 0 Å². The molecule has 12 aromatic carbocycles. The van der Waals surface area contributed by atoms with Crippen LogP contribution in [0, 0.1) is 6.92 Å². The molecule has 2 aliphatic carbocycles. The van der Waals surface area contributed by atoms with Crippen molar-refractivity contribution in [3.63, 3.8) is 0 Å². The third-order valence-corrected chi connectivity index (χ3v) is 16.5. The first-order valence-electron chi connectivity index (χ1n) is 26.5. The third kappa shape index (κ3) is 6.84. The zero-order chi connectivity index (χ0) is 51.2. The van der Waals surface area contributed by atoms with E-state index in [0.717, 1.165) is 77.9 Å². The van der Waals surface area contributed by atoms with Crippen LogP contribution in [0.25, 0.3) is 99.8 Å². The Balaban J connectivity index is 0.821. The van der Waals surface area contributed by atoms with Crippen molar-refractivity contribution in [2.45, 2.75) is 12.3 Å². The Morgan fingerprint density at radius 3 is 1.47 bits per heavy atom. The summed E-state index contributed by atoms with van der Waals surface area (Å²) in [4.78, 5) is 2.30. The van der Waals surface area contributed by atoms with Crippen LogP contribution in [0.1, 0.15) is 27.8 Å². The van der Waals surface area contributed by atoms with Crippen LogP contribution in [0.15, 0.2) is 277 Å². The molecule has 1 N–H and O–H groups in total. The second kappa shape index (κ2) is 17.6. The molecule has 3 nitrogen and oxygen atoms in total. The highest BCUT2D eigenvalue weighted by Crippen LogP contribution is 2.64. The second-order valence-corrected chi connectivity index (χ2v) is 20.5. The number of fused-ring (bicyclic) bond motifs is 13. The van der Waals surface area contributed by atoms with Crippen molar-refractivity contribution in [2.75, 3.05) is 4.90 Å². The number of phenolic OH excluding ortho intramolecular Hbond substituents is 1. The van der Waals surface area contributed by atoms with Gasteiger partial charge in [0.1, 0.15) is 16.9 Å². The quantitative estimate of drug-likeness (QED) is 0.165. The Morgan fingerprint density at radius 2 is 0.792 bits per heavy atom. The summed E-state index contributed by atoms with van der Waals surface area (Å²) in [7, 11) is 0. The fourth-order valence-corrected chi connectivity index (χ4v) is 12.9. The maximum Gasteiger partial charge on any atom is 0.143 e. The number of rotatable bonds is 8. The largest absolute Gasteiger partial charge is 0.507 e. The van der Waals surface area contributed by atoms with Gasteiger partial charge < -0.3 is 14.4 Å². The average molecular weight is 984 g/mol. The molecular formula is C74H49NO2. The van der Waals surface area contributed by atoms with Crippen LogP contribution in [0.3, 0.4) is 0 Å². The Hall–Kier alpha value is -9.96. The summed E-state index contributed by atoms with van der Waals surface area (Å²) in [5.74, 6) is 0.259. The highest BCUT2D eigenvalue weighted by Gasteiger charge is 2.52. The first-order valence-corrected chi connectivity index (χ1v) is 26.5. The van der Waals surface area contributed by atoms with E-state index in [9.17, 15) is 5.11 Å². The third-order valence-electron chi connectivity index (χ3n) is 16.5. The highest BCUT2D eigenvalue weighted by atomic mass is 16.3. The smallest absolute Gasteiger partial charge is 0.143 e. The van der Waals surface area contributed by atoms with Crippen molar-refractivity contribution in [3.8, 4) is 83.6 Å². The Kier molecular flexibility index (Phi) is 10.2.